The quantitative estimate of drug-likeness (QED) is 0.833. The summed E-state index contributed by atoms with van der Waals surface area (Å²) in [6.45, 7) is 0.157. The monoisotopic (exact) mass is 345 g/mol. The van der Waals surface area contributed by atoms with Crippen LogP contribution in [0.5, 0.6) is 11.5 Å². The summed E-state index contributed by atoms with van der Waals surface area (Å²) in [5, 5.41) is 5.28. The number of rotatable bonds is 6. The van der Waals surface area contributed by atoms with Gasteiger partial charge >= 0.3 is 6.09 Å². The number of pyridine rings is 1. The number of benzene rings is 1. The van der Waals surface area contributed by atoms with E-state index < -0.39 is 6.09 Å². The summed E-state index contributed by atoms with van der Waals surface area (Å²) in [5.74, 6) is 0.771. The van der Waals surface area contributed by atoms with Crippen molar-refractivity contribution in [1.29, 1.82) is 0 Å². The van der Waals surface area contributed by atoms with Gasteiger partial charge < -0.3 is 24.8 Å². The van der Waals surface area contributed by atoms with Crippen molar-refractivity contribution in [3.63, 3.8) is 0 Å². The Balaban J connectivity index is 2.09. The summed E-state index contributed by atoms with van der Waals surface area (Å²) < 4.78 is 14.9. The SMILES string of the molecule is COC(=O)NCc1cc(C(=O)Nc2ccc(OC)c(OC)c2)ccn1. The van der Waals surface area contributed by atoms with Crippen molar-refractivity contribution in [2.45, 2.75) is 6.54 Å². The Kier molecular flexibility index (Phi) is 6.16. The van der Waals surface area contributed by atoms with Gasteiger partial charge in [-0.1, -0.05) is 0 Å². The summed E-state index contributed by atoms with van der Waals surface area (Å²) in [6, 6.07) is 8.24. The highest BCUT2D eigenvalue weighted by molar-refractivity contribution is 6.04. The van der Waals surface area contributed by atoms with Crippen LogP contribution in [0, 0.1) is 0 Å². The predicted molar refractivity (Wildman–Crippen MR) is 91.0 cm³/mol. The molecule has 2 aromatic rings. The minimum atomic E-state index is -0.568. The van der Waals surface area contributed by atoms with Crippen molar-refractivity contribution < 1.29 is 23.8 Å². The number of ether oxygens (including phenoxy) is 3. The zero-order valence-electron chi connectivity index (χ0n) is 14.2. The van der Waals surface area contributed by atoms with E-state index in [0.717, 1.165) is 0 Å². The molecular formula is C17H19N3O5. The second-order valence-corrected chi connectivity index (χ2v) is 4.90. The molecular weight excluding hydrogens is 326 g/mol. The number of alkyl carbamates (subject to hydrolysis) is 1. The lowest BCUT2D eigenvalue weighted by Crippen LogP contribution is -2.23. The molecule has 8 heteroatoms. The Hall–Kier alpha value is -3.29. The van der Waals surface area contributed by atoms with E-state index in [1.807, 2.05) is 0 Å². The highest BCUT2D eigenvalue weighted by atomic mass is 16.5. The second-order valence-electron chi connectivity index (χ2n) is 4.90. The summed E-state index contributed by atoms with van der Waals surface area (Å²) in [7, 11) is 4.33. The number of nitrogens with zero attached hydrogens (tertiary/aromatic N) is 1. The number of nitrogens with one attached hydrogen (secondary N) is 2. The van der Waals surface area contributed by atoms with Gasteiger partial charge in [-0.2, -0.15) is 0 Å². The van der Waals surface area contributed by atoms with Crippen molar-refractivity contribution in [2.24, 2.45) is 0 Å². The molecule has 0 spiro atoms. The van der Waals surface area contributed by atoms with E-state index in [4.69, 9.17) is 9.47 Å². The zero-order valence-corrected chi connectivity index (χ0v) is 14.2. The maximum atomic E-state index is 12.4. The average molecular weight is 345 g/mol. The van der Waals surface area contributed by atoms with Gasteiger partial charge in [0.25, 0.3) is 5.91 Å². The molecule has 0 aliphatic rings. The van der Waals surface area contributed by atoms with E-state index in [0.29, 0.717) is 28.4 Å². The van der Waals surface area contributed by atoms with Crippen LogP contribution in [0.1, 0.15) is 16.1 Å². The fourth-order valence-electron chi connectivity index (χ4n) is 2.07. The fraction of sp³-hybridized carbons (Fsp3) is 0.235. The molecule has 2 amide bonds. The maximum Gasteiger partial charge on any atom is 0.407 e. The molecule has 8 nitrogen and oxygen atoms in total. The topological polar surface area (TPSA) is 98.8 Å². The number of carbonyl (C=O) groups excluding carboxylic acids is 2. The Bertz CT molecular complexity index is 764. The van der Waals surface area contributed by atoms with Crippen molar-refractivity contribution in [3.05, 3.63) is 47.8 Å². The highest BCUT2D eigenvalue weighted by Gasteiger charge is 2.10. The average Bonchev–Trinajstić information content (AvgIpc) is 2.66. The number of carbonyl (C=O) groups is 2. The smallest absolute Gasteiger partial charge is 0.407 e. The first-order chi connectivity index (χ1) is 12.1. The van der Waals surface area contributed by atoms with E-state index in [2.05, 4.69) is 20.4 Å². The van der Waals surface area contributed by atoms with Crippen molar-refractivity contribution in [3.8, 4) is 11.5 Å². The molecule has 1 aromatic heterocycles. The maximum absolute atomic E-state index is 12.4. The van der Waals surface area contributed by atoms with Crippen LogP contribution in [-0.2, 0) is 11.3 Å². The molecule has 2 N–H and O–H groups in total. The van der Waals surface area contributed by atoms with Crippen LogP contribution in [0.2, 0.25) is 0 Å². The molecule has 0 radical (unpaired) electrons. The van der Waals surface area contributed by atoms with Gasteiger partial charge in [-0.15, -0.1) is 0 Å². The van der Waals surface area contributed by atoms with Crippen LogP contribution in [0.15, 0.2) is 36.5 Å². The van der Waals surface area contributed by atoms with Gasteiger partial charge in [-0.3, -0.25) is 9.78 Å². The van der Waals surface area contributed by atoms with E-state index in [1.165, 1.54) is 27.5 Å². The van der Waals surface area contributed by atoms with E-state index >= 15 is 0 Å². The molecule has 0 fully saturated rings. The summed E-state index contributed by atoms with van der Waals surface area (Å²) >= 11 is 0. The highest BCUT2D eigenvalue weighted by Crippen LogP contribution is 2.29. The van der Waals surface area contributed by atoms with Crippen LogP contribution in [-0.4, -0.2) is 38.3 Å². The summed E-state index contributed by atoms with van der Waals surface area (Å²) in [6.07, 6.45) is 0.930. The second kappa shape index (κ2) is 8.53. The number of amides is 2. The van der Waals surface area contributed by atoms with Gasteiger partial charge in [0.2, 0.25) is 0 Å². The lowest BCUT2D eigenvalue weighted by Gasteiger charge is -2.11. The van der Waals surface area contributed by atoms with E-state index in [1.54, 1.807) is 30.3 Å². The molecule has 0 atom stereocenters. The molecule has 2 rings (SSSR count). The van der Waals surface area contributed by atoms with Crippen molar-refractivity contribution in [1.82, 2.24) is 10.3 Å². The molecule has 25 heavy (non-hydrogen) atoms. The van der Waals surface area contributed by atoms with E-state index in [9.17, 15) is 9.59 Å². The molecule has 0 bridgehead atoms. The van der Waals surface area contributed by atoms with Gasteiger partial charge in [0.1, 0.15) is 0 Å². The minimum Gasteiger partial charge on any atom is -0.493 e. The summed E-state index contributed by atoms with van der Waals surface area (Å²) in [4.78, 5) is 27.6. The number of aromatic nitrogens is 1. The predicted octanol–water partition coefficient (Wildman–Crippen LogP) is 2.21. The Labute approximate surface area is 145 Å². The number of methoxy groups -OCH3 is 3. The van der Waals surface area contributed by atoms with E-state index in [-0.39, 0.29) is 12.5 Å². The first-order valence-corrected chi connectivity index (χ1v) is 7.37. The zero-order chi connectivity index (χ0) is 18.2. The first-order valence-electron chi connectivity index (χ1n) is 7.37. The third kappa shape index (κ3) is 4.84. The van der Waals surface area contributed by atoms with Crippen LogP contribution in [0.3, 0.4) is 0 Å². The molecule has 0 aliphatic carbocycles. The van der Waals surface area contributed by atoms with Gasteiger partial charge in [-0.25, -0.2) is 4.79 Å². The number of hydrogen-bond acceptors (Lipinski definition) is 6. The molecule has 132 valence electrons. The van der Waals surface area contributed by atoms with Gasteiger partial charge in [0.05, 0.1) is 33.6 Å². The van der Waals surface area contributed by atoms with Gasteiger partial charge in [0, 0.05) is 23.5 Å². The van der Waals surface area contributed by atoms with Crippen LogP contribution in [0.25, 0.3) is 0 Å². The first kappa shape index (κ1) is 18.1. The Morgan fingerprint density at radius 3 is 2.48 bits per heavy atom. The summed E-state index contributed by atoms with van der Waals surface area (Å²) in [5.41, 5.74) is 1.51. The Morgan fingerprint density at radius 1 is 1.04 bits per heavy atom. The Morgan fingerprint density at radius 2 is 1.80 bits per heavy atom. The molecule has 0 saturated heterocycles. The molecule has 0 saturated carbocycles. The largest absolute Gasteiger partial charge is 0.493 e. The van der Waals surface area contributed by atoms with Gasteiger partial charge in [0.15, 0.2) is 11.5 Å². The van der Waals surface area contributed by atoms with Crippen molar-refractivity contribution >= 4 is 17.7 Å². The standard InChI is InChI=1S/C17H19N3O5/c1-23-14-5-4-12(9-15(14)24-2)20-16(21)11-6-7-18-13(8-11)10-19-17(22)25-3/h4-9H,10H2,1-3H3,(H,19,22)(H,20,21). The van der Waals surface area contributed by atoms with Crippen molar-refractivity contribution in [2.75, 3.05) is 26.6 Å². The van der Waals surface area contributed by atoms with Crippen LogP contribution in [0.4, 0.5) is 10.5 Å². The number of hydrogen-bond donors (Lipinski definition) is 2. The molecule has 0 aliphatic heterocycles. The molecule has 1 heterocycles. The van der Waals surface area contributed by atoms with Gasteiger partial charge in [-0.05, 0) is 24.3 Å². The molecule has 1 aromatic carbocycles. The lowest BCUT2D eigenvalue weighted by atomic mass is 10.2. The third-order valence-electron chi connectivity index (χ3n) is 3.32. The normalized spacial score (nSPS) is 9.88. The third-order valence-corrected chi connectivity index (χ3v) is 3.32. The lowest BCUT2D eigenvalue weighted by molar-refractivity contribution is 0.102. The molecule has 0 unspecified atom stereocenters. The van der Waals surface area contributed by atoms with Crippen LogP contribution >= 0.6 is 0 Å². The number of anilines is 1. The fourth-order valence-corrected chi connectivity index (χ4v) is 2.07. The van der Waals surface area contributed by atoms with Crippen LogP contribution < -0.4 is 20.1 Å². The minimum absolute atomic E-state index is 0.157.